The minimum absolute atomic E-state index is 0.164. The van der Waals surface area contributed by atoms with Gasteiger partial charge in [0.05, 0.1) is 13.1 Å². The van der Waals surface area contributed by atoms with Gasteiger partial charge in [0.2, 0.25) is 0 Å². The molecule has 0 aliphatic carbocycles. The van der Waals surface area contributed by atoms with E-state index in [1.807, 2.05) is 36.4 Å². The van der Waals surface area contributed by atoms with E-state index in [0.29, 0.717) is 12.8 Å². The highest BCUT2D eigenvalue weighted by Gasteiger charge is 2.20. The van der Waals surface area contributed by atoms with E-state index in [9.17, 15) is 14.4 Å². The van der Waals surface area contributed by atoms with Gasteiger partial charge < -0.3 is 15.1 Å². The van der Waals surface area contributed by atoms with Crippen molar-refractivity contribution in [2.75, 3.05) is 63.1 Å². The van der Waals surface area contributed by atoms with Crippen LogP contribution in [0.15, 0.2) is 48.5 Å². The van der Waals surface area contributed by atoms with E-state index in [0.717, 1.165) is 67.0 Å². The van der Waals surface area contributed by atoms with Gasteiger partial charge in [0.1, 0.15) is 6.17 Å². The Morgan fingerprint density at radius 2 is 1.55 bits per heavy atom. The topological polar surface area (TPSA) is 62.3 Å². The molecule has 2 aliphatic heterocycles. The number of rotatable bonds is 7. The lowest BCUT2D eigenvalue weighted by atomic mass is 10.1. The lowest BCUT2D eigenvalue weighted by Crippen LogP contribution is -2.48. The first-order valence-corrected chi connectivity index (χ1v) is 11.7. The van der Waals surface area contributed by atoms with Crippen LogP contribution in [0.4, 0.5) is 21.5 Å². The Morgan fingerprint density at radius 3 is 2.15 bits per heavy atom. The Labute approximate surface area is 195 Å². The first-order valence-electron chi connectivity index (χ1n) is 11.7. The van der Waals surface area contributed by atoms with E-state index >= 15 is 0 Å². The third-order valence-electron chi connectivity index (χ3n) is 6.47. The average molecular weight is 456 g/mol. The fourth-order valence-corrected chi connectivity index (χ4v) is 4.26. The van der Waals surface area contributed by atoms with Crippen LogP contribution in [0.2, 0.25) is 0 Å². The van der Waals surface area contributed by atoms with E-state index < -0.39 is 6.17 Å². The van der Waals surface area contributed by atoms with E-state index in [1.54, 1.807) is 0 Å². The summed E-state index contributed by atoms with van der Waals surface area (Å²) in [7, 11) is 2.07. The maximum atomic E-state index is 13.4. The van der Waals surface area contributed by atoms with Crippen molar-refractivity contribution in [1.82, 2.24) is 14.9 Å². The van der Waals surface area contributed by atoms with Gasteiger partial charge in [-0.2, -0.15) is 0 Å². The molecule has 7 nitrogen and oxygen atoms in total. The number of alkyl halides is 1. The van der Waals surface area contributed by atoms with Gasteiger partial charge in [0.15, 0.2) is 0 Å². The van der Waals surface area contributed by atoms with Gasteiger partial charge in [0, 0.05) is 56.3 Å². The van der Waals surface area contributed by atoms with Crippen molar-refractivity contribution < 1.29 is 14.4 Å². The molecule has 8 heteroatoms. The molecule has 2 N–H and O–H groups in total. The molecule has 0 spiro atoms. The first-order chi connectivity index (χ1) is 16.0. The Balaban J connectivity index is 1.25. The second kappa shape index (κ2) is 11.0. The molecule has 2 fully saturated rings. The summed E-state index contributed by atoms with van der Waals surface area (Å²) in [4.78, 5) is 18.9. The fourth-order valence-electron chi connectivity index (χ4n) is 4.26. The van der Waals surface area contributed by atoms with Gasteiger partial charge in [-0.3, -0.25) is 14.9 Å². The number of benzene rings is 2. The van der Waals surface area contributed by atoms with Crippen LogP contribution in [0.25, 0.3) is 0 Å². The summed E-state index contributed by atoms with van der Waals surface area (Å²) in [6.45, 7) is 5.48. The number of nitrogens with zero attached hydrogens (tertiary/aromatic N) is 4. The van der Waals surface area contributed by atoms with Crippen molar-refractivity contribution in [2.45, 2.75) is 25.6 Å². The zero-order chi connectivity index (χ0) is 23.2. The monoisotopic (exact) mass is 455 g/mol. The summed E-state index contributed by atoms with van der Waals surface area (Å²) >= 11 is 0. The van der Waals surface area contributed by atoms with Gasteiger partial charge in [-0.25, -0.2) is 9.45 Å². The summed E-state index contributed by atoms with van der Waals surface area (Å²) < 4.78 is 13.4. The predicted molar refractivity (Wildman–Crippen MR) is 129 cm³/mol. The number of hydroxylamine groups is 2. The molecule has 1 amide bonds. The number of piperidine rings is 1. The molecular weight excluding hydrogens is 421 g/mol. The second-order valence-electron chi connectivity index (χ2n) is 9.06. The zero-order valence-electron chi connectivity index (χ0n) is 19.3. The van der Waals surface area contributed by atoms with Crippen LogP contribution in [0.3, 0.4) is 0 Å². The minimum Gasteiger partial charge on any atom is -0.371 e. The molecule has 2 aromatic rings. The maximum absolute atomic E-state index is 13.4. The number of hydrogen-bond acceptors (Lipinski definition) is 6. The predicted octanol–water partition coefficient (Wildman–Crippen LogP) is 3.33. The van der Waals surface area contributed by atoms with Crippen LogP contribution in [0.5, 0.6) is 0 Å². The Morgan fingerprint density at radius 1 is 0.970 bits per heavy atom. The Kier molecular flexibility index (Phi) is 7.80. The van der Waals surface area contributed by atoms with E-state index in [-0.39, 0.29) is 19.0 Å². The standard InChI is InChI=1S/C25H34FN5O2/c1-28-14-16-29(17-15-28)19-25(32)31(33)18-20-2-4-22(5-3-20)27-23-6-8-24(9-7-23)30-12-10-21(26)11-13-30/h2-9,21,27,33H,10-19H2,1H3. The molecule has 2 aliphatic rings. The zero-order valence-corrected chi connectivity index (χ0v) is 19.3. The quantitative estimate of drug-likeness (QED) is 0.493. The van der Waals surface area contributed by atoms with E-state index in [1.165, 1.54) is 0 Å². The number of carbonyl (C=O) groups excluding carboxylic acids is 1. The summed E-state index contributed by atoms with van der Waals surface area (Å²) in [5, 5.41) is 14.4. The summed E-state index contributed by atoms with van der Waals surface area (Å²) in [6.07, 6.45) is 0.524. The number of anilines is 3. The van der Waals surface area contributed by atoms with Gasteiger partial charge in [-0.05, 0) is 61.9 Å². The largest absolute Gasteiger partial charge is 0.371 e. The fraction of sp³-hybridized carbons (Fsp3) is 0.480. The van der Waals surface area contributed by atoms with Crippen LogP contribution in [0.1, 0.15) is 18.4 Å². The molecule has 0 bridgehead atoms. The molecule has 178 valence electrons. The number of halogens is 1. The molecule has 2 heterocycles. The molecule has 0 saturated carbocycles. The number of amides is 1. The van der Waals surface area contributed by atoms with E-state index in [4.69, 9.17) is 0 Å². The molecule has 4 rings (SSSR count). The summed E-state index contributed by atoms with van der Waals surface area (Å²) in [5.41, 5.74) is 3.88. The van der Waals surface area contributed by atoms with Crippen molar-refractivity contribution >= 4 is 23.0 Å². The lowest BCUT2D eigenvalue weighted by molar-refractivity contribution is -0.169. The maximum Gasteiger partial charge on any atom is 0.260 e. The summed E-state index contributed by atoms with van der Waals surface area (Å²) in [5.74, 6) is -0.280. The van der Waals surface area contributed by atoms with Crippen molar-refractivity contribution in [3.8, 4) is 0 Å². The lowest BCUT2D eigenvalue weighted by Gasteiger charge is -2.32. The number of hydrogen-bond donors (Lipinski definition) is 2. The molecular formula is C25H34FN5O2. The highest BCUT2D eigenvalue weighted by molar-refractivity contribution is 5.77. The normalized spacial score (nSPS) is 18.3. The smallest absolute Gasteiger partial charge is 0.260 e. The van der Waals surface area contributed by atoms with Crippen molar-refractivity contribution in [1.29, 1.82) is 0 Å². The number of carbonyl (C=O) groups is 1. The molecule has 0 unspecified atom stereocenters. The van der Waals surface area contributed by atoms with Gasteiger partial charge >= 0.3 is 0 Å². The third-order valence-corrected chi connectivity index (χ3v) is 6.47. The summed E-state index contributed by atoms with van der Waals surface area (Å²) in [6, 6.07) is 15.9. The van der Waals surface area contributed by atoms with Crippen LogP contribution in [-0.2, 0) is 11.3 Å². The second-order valence-corrected chi connectivity index (χ2v) is 9.06. The van der Waals surface area contributed by atoms with E-state index in [2.05, 4.69) is 39.2 Å². The van der Waals surface area contributed by atoms with Crippen LogP contribution >= 0.6 is 0 Å². The minimum atomic E-state index is -0.668. The van der Waals surface area contributed by atoms with Crippen LogP contribution < -0.4 is 10.2 Å². The van der Waals surface area contributed by atoms with Crippen molar-refractivity contribution in [3.63, 3.8) is 0 Å². The van der Waals surface area contributed by atoms with Gasteiger partial charge in [-0.1, -0.05) is 12.1 Å². The number of likely N-dealkylation sites (N-methyl/N-ethyl adjacent to an activating group) is 1. The van der Waals surface area contributed by atoms with Crippen molar-refractivity contribution in [3.05, 3.63) is 54.1 Å². The third kappa shape index (κ3) is 6.66. The molecule has 0 atom stereocenters. The first kappa shape index (κ1) is 23.5. The van der Waals surface area contributed by atoms with Crippen LogP contribution in [0, 0.1) is 0 Å². The van der Waals surface area contributed by atoms with Gasteiger partial charge in [-0.15, -0.1) is 0 Å². The SMILES string of the molecule is CN1CCN(CC(=O)N(O)Cc2ccc(Nc3ccc(N4CCC(F)CC4)cc3)cc2)CC1. The number of piperazine rings is 1. The van der Waals surface area contributed by atoms with Crippen molar-refractivity contribution in [2.24, 2.45) is 0 Å². The molecule has 0 radical (unpaired) electrons. The highest BCUT2D eigenvalue weighted by atomic mass is 19.1. The van der Waals surface area contributed by atoms with Gasteiger partial charge in [0.25, 0.3) is 5.91 Å². The molecule has 2 saturated heterocycles. The number of nitrogens with one attached hydrogen (secondary N) is 1. The highest BCUT2D eigenvalue weighted by Crippen LogP contribution is 2.25. The average Bonchev–Trinajstić information content (AvgIpc) is 2.83. The Bertz CT molecular complexity index is 892. The molecule has 33 heavy (non-hydrogen) atoms. The Hall–Kier alpha value is -2.68. The van der Waals surface area contributed by atoms with Crippen LogP contribution in [-0.4, -0.2) is 85.0 Å². The molecule has 2 aromatic carbocycles. The molecule has 0 aromatic heterocycles.